The normalized spacial score (nSPS) is 22.4. The van der Waals surface area contributed by atoms with Gasteiger partial charge in [0.25, 0.3) is 0 Å². The van der Waals surface area contributed by atoms with Crippen LogP contribution in [0.2, 0.25) is 0 Å². The zero-order valence-corrected chi connectivity index (χ0v) is 14.0. The van der Waals surface area contributed by atoms with E-state index in [1.165, 1.54) is 0 Å². The molecular formula is C17H19N7O. The summed E-state index contributed by atoms with van der Waals surface area (Å²) in [6.45, 7) is 2.69. The van der Waals surface area contributed by atoms with Gasteiger partial charge in [-0.25, -0.2) is 19.9 Å². The fourth-order valence-electron chi connectivity index (χ4n) is 3.70. The van der Waals surface area contributed by atoms with E-state index in [1.54, 1.807) is 31.8 Å². The van der Waals surface area contributed by atoms with Crippen molar-refractivity contribution in [1.82, 2.24) is 19.9 Å². The molecule has 2 atom stereocenters. The van der Waals surface area contributed by atoms with E-state index in [4.69, 9.17) is 10.00 Å². The second-order valence-electron chi connectivity index (χ2n) is 6.32. The molecule has 0 amide bonds. The van der Waals surface area contributed by atoms with Crippen LogP contribution in [0, 0.1) is 17.2 Å². The van der Waals surface area contributed by atoms with Crippen molar-refractivity contribution in [3.05, 3.63) is 30.4 Å². The molecule has 0 bridgehead atoms. The number of hydrogen-bond donors (Lipinski definition) is 0. The highest BCUT2D eigenvalue weighted by atomic mass is 16.5. The molecule has 25 heavy (non-hydrogen) atoms. The SMILES string of the molecule is COc1cnc(N2CCC3CCN(c4nccc(C#N)n4)C3C2)nc1. The molecule has 2 aliphatic heterocycles. The van der Waals surface area contributed by atoms with Gasteiger partial charge in [-0.15, -0.1) is 0 Å². The predicted octanol–water partition coefficient (Wildman–Crippen LogP) is 1.25. The van der Waals surface area contributed by atoms with Gasteiger partial charge in [0.15, 0.2) is 5.75 Å². The molecule has 4 heterocycles. The zero-order valence-electron chi connectivity index (χ0n) is 14.0. The van der Waals surface area contributed by atoms with Crippen molar-refractivity contribution in [1.29, 1.82) is 5.26 Å². The van der Waals surface area contributed by atoms with Gasteiger partial charge in [0.2, 0.25) is 11.9 Å². The Hall–Kier alpha value is -2.95. The van der Waals surface area contributed by atoms with Crippen molar-refractivity contribution >= 4 is 11.9 Å². The van der Waals surface area contributed by atoms with Crippen LogP contribution in [0.5, 0.6) is 5.75 Å². The zero-order chi connectivity index (χ0) is 17.2. The number of rotatable bonds is 3. The fraction of sp³-hybridized carbons (Fsp3) is 0.471. The number of aromatic nitrogens is 4. The number of nitrogens with zero attached hydrogens (tertiary/aromatic N) is 7. The first-order valence-electron chi connectivity index (χ1n) is 8.39. The molecule has 2 aromatic heterocycles. The number of ether oxygens (including phenoxy) is 1. The minimum absolute atomic E-state index is 0.313. The van der Waals surface area contributed by atoms with E-state index >= 15 is 0 Å². The van der Waals surface area contributed by atoms with Gasteiger partial charge in [-0.1, -0.05) is 0 Å². The Morgan fingerprint density at radius 3 is 2.72 bits per heavy atom. The second kappa shape index (κ2) is 6.51. The highest BCUT2D eigenvalue weighted by molar-refractivity contribution is 5.41. The van der Waals surface area contributed by atoms with E-state index in [1.807, 2.05) is 0 Å². The van der Waals surface area contributed by atoms with Crippen molar-refractivity contribution in [2.75, 3.05) is 36.5 Å². The van der Waals surface area contributed by atoms with E-state index < -0.39 is 0 Å². The predicted molar refractivity (Wildman–Crippen MR) is 91.4 cm³/mol. The van der Waals surface area contributed by atoms with E-state index in [0.29, 0.717) is 29.4 Å². The number of piperidine rings is 1. The summed E-state index contributed by atoms with van der Waals surface area (Å²) in [6.07, 6.45) is 7.26. The Morgan fingerprint density at radius 2 is 1.96 bits per heavy atom. The molecule has 2 aromatic rings. The van der Waals surface area contributed by atoms with Crippen LogP contribution in [0.15, 0.2) is 24.7 Å². The maximum atomic E-state index is 9.08. The molecule has 8 nitrogen and oxygen atoms in total. The Bertz CT molecular complexity index is 788. The maximum Gasteiger partial charge on any atom is 0.226 e. The highest BCUT2D eigenvalue weighted by Gasteiger charge is 2.40. The summed E-state index contributed by atoms with van der Waals surface area (Å²) in [6, 6.07) is 4.04. The quantitative estimate of drug-likeness (QED) is 0.826. The third-order valence-corrected chi connectivity index (χ3v) is 5.01. The van der Waals surface area contributed by atoms with Gasteiger partial charge >= 0.3 is 0 Å². The number of anilines is 2. The number of hydrogen-bond acceptors (Lipinski definition) is 8. The summed E-state index contributed by atoms with van der Waals surface area (Å²) >= 11 is 0. The summed E-state index contributed by atoms with van der Waals surface area (Å²) in [7, 11) is 1.61. The fourth-order valence-corrected chi connectivity index (χ4v) is 3.70. The van der Waals surface area contributed by atoms with Crippen molar-refractivity contribution < 1.29 is 4.74 Å². The van der Waals surface area contributed by atoms with Crippen LogP contribution in [-0.4, -0.2) is 52.7 Å². The van der Waals surface area contributed by atoms with Crippen LogP contribution < -0.4 is 14.5 Å². The summed E-state index contributed by atoms with van der Waals surface area (Å²) in [5.41, 5.74) is 0.402. The van der Waals surface area contributed by atoms with Crippen LogP contribution in [-0.2, 0) is 0 Å². The average molecular weight is 337 g/mol. The van der Waals surface area contributed by atoms with Crippen molar-refractivity contribution in [2.45, 2.75) is 18.9 Å². The summed E-state index contributed by atoms with van der Waals surface area (Å²) in [5, 5.41) is 9.08. The van der Waals surface area contributed by atoms with Crippen molar-refractivity contribution in [3.63, 3.8) is 0 Å². The standard InChI is InChI=1S/C17H19N7O/c1-25-14-9-20-16(21-10-14)23-6-3-12-4-7-24(15(12)11-23)17-19-5-2-13(8-18)22-17/h2,5,9-10,12,15H,3-4,6-7,11H2,1H3. The highest BCUT2D eigenvalue weighted by Crippen LogP contribution is 2.34. The first-order valence-corrected chi connectivity index (χ1v) is 8.39. The lowest BCUT2D eigenvalue weighted by atomic mass is 9.92. The molecule has 2 aliphatic rings. The van der Waals surface area contributed by atoms with Gasteiger partial charge in [-0.3, -0.25) is 0 Å². The lowest BCUT2D eigenvalue weighted by molar-refractivity contribution is 0.384. The largest absolute Gasteiger partial charge is 0.494 e. The molecule has 2 fully saturated rings. The van der Waals surface area contributed by atoms with Crippen LogP contribution in [0.1, 0.15) is 18.5 Å². The third-order valence-electron chi connectivity index (χ3n) is 5.01. The average Bonchev–Trinajstić information content (AvgIpc) is 3.11. The molecule has 0 N–H and O–H groups in total. The number of nitriles is 1. The second-order valence-corrected chi connectivity index (χ2v) is 6.32. The molecular weight excluding hydrogens is 318 g/mol. The Balaban J connectivity index is 1.55. The number of methoxy groups -OCH3 is 1. The summed E-state index contributed by atoms with van der Waals surface area (Å²) in [5.74, 6) is 2.63. The summed E-state index contributed by atoms with van der Waals surface area (Å²) < 4.78 is 5.13. The lowest BCUT2D eigenvalue weighted by Crippen LogP contribution is -2.49. The molecule has 0 aromatic carbocycles. The van der Waals surface area contributed by atoms with Crippen LogP contribution in [0.4, 0.5) is 11.9 Å². The van der Waals surface area contributed by atoms with Gasteiger partial charge in [-0.05, 0) is 24.8 Å². The molecule has 4 rings (SSSR count). The molecule has 2 unspecified atom stereocenters. The molecule has 8 heteroatoms. The monoisotopic (exact) mass is 337 g/mol. The van der Waals surface area contributed by atoms with Gasteiger partial charge in [0.05, 0.1) is 25.5 Å². The molecule has 0 radical (unpaired) electrons. The molecule has 0 spiro atoms. The maximum absolute atomic E-state index is 9.08. The Labute approximate surface area is 146 Å². The van der Waals surface area contributed by atoms with Crippen molar-refractivity contribution in [3.8, 4) is 11.8 Å². The molecule has 0 aliphatic carbocycles. The Kier molecular flexibility index (Phi) is 4.06. The van der Waals surface area contributed by atoms with E-state index in [0.717, 1.165) is 38.4 Å². The van der Waals surface area contributed by atoms with Crippen molar-refractivity contribution in [2.24, 2.45) is 5.92 Å². The van der Waals surface area contributed by atoms with E-state index in [9.17, 15) is 0 Å². The topological polar surface area (TPSA) is 91.1 Å². The van der Waals surface area contributed by atoms with Gasteiger partial charge in [0, 0.05) is 25.8 Å². The van der Waals surface area contributed by atoms with Gasteiger partial charge in [-0.2, -0.15) is 5.26 Å². The van der Waals surface area contributed by atoms with Crippen LogP contribution in [0.3, 0.4) is 0 Å². The van der Waals surface area contributed by atoms with Crippen LogP contribution in [0.25, 0.3) is 0 Å². The molecule has 2 saturated heterocycles. The van der Waals surface area contributed by atoms with E-state index in [-0.39, 0.29) is 0 Å². The molecule has 128 valence electrons. The third kappa shape index (κ3) is 2.93. The lowest BCUT2D eigenvalue weighted by Gasteiger charge is -2.38. The molecule has 0 saturated carbocycles. The first kappa shape index (κ1) is 15.6. The minimum atomic E-state index is 0.313. The smallest absolute Gasteiger partial charge is 0.226 e. The van der Waals surface area contributed by atoms with Gasteiger partial charge in [0.1, 0.15) is 11.8 Å². The minimum Gasteiger partial charge on any atom is -0.494 e. The number of fused-ring (bicyclic) bond motifs is 1. The van der Waals surface area contributed by atoms with Gasteiger partial charge < -0.3 is 14.5 Å². The van der Waals surface area contributed by atoms with Crippen LogP contribution >= 0.6 is 0 Å². The Morgan fingerprint density at radius 1 is 1.16 bits per heavy atom. The van der Waals surface area contributed by atoms with E-state index in [2.05, 4.69) is 35.8 Å². The summed E-state index contributed by atoms with van der Waals surface area (Å²) in [4.78, 5) is 22.0. The first-order chi connectivity index (χ1) is 12.3.